The number of carbonyl (C=O) groups excluding carboxylic acids is 4. The zero-order valence-electron chi connectivity index (χ0n) is 22.9. The summed E-state index contributed by atoms with van der Waals surface area (Å²) >= 11 is 0. The molecule has 4 amide bonds. The third kappa shape index (κ3) is 4.46. The Morgan fingerprint density at radius 3 is 2.52 bits per heavy atom. The SMILES string of the molecule is Cc1nc(-c2cn(C3CC(O)(CNc4ccc5c(c4)C(=O)N(C4CCC(=O)NC4=O)C5=O)C3)nc2C2CC2)ccc1F. The molecule has 4 heterocycles. The highest BCUT2D eigenvalue weighted by Crippen LogP contribution is 2.46. The Hall–Kier alpha value is -4.45. The molecule has 12 heteroatoms. The number of nitrogens with one attached hydrogen (secondary N) is 2. The van der Waals surface area contributed by atoms with Crippen molar-refractivity contribution in [2.75, 3.05) is 11.9 Å². The van der Waals surface area contributed by atoms with E-state index in [9.17, 15) is 28.7 Å². The van der Waals surface area contributed by atoms with Gasteiger partial charge in [-0.3, -0.25) is 34.1 Å². The average molecular weight is 573 g/mol. The summed E-state index contributed by atoms with van der Waals surface area (Å²) in [5.74, 6) is -2.20. The maximum atomic E-state index is 13.8. The number of fused-ring (bicyclic) bond motifs is 1. The third-order valence-corrected chi connectivity index (χ3v) is 8.69. The van der Waals surface area contributed by atoms with Crippen LogP contribution in [0.2, 0.25) is 0 Å². The minimum atomic E-state index is -1.02. The van der Waals surface area contributed by atoms with Crippen LogP contribution >= 0.6 is 0 Å². The van der Waals surface area contributed by atoms with Crippen LogP contribution < -0.4 is 10.6 Å². The molecule has 2 aliphatic carbocycles. The lowest BCUT2D eigenvalue weighted by molar-refractivity contribution is -0.136. The first kappa shape index (κ1) is 26.4. The van der Waals surface area contributed by atoms with E-state index in [1.54, 1.807) is 25.1 Å². The van der Waals surface area contributed by atoms with E-state index in [-0.39, 0.29) is 42.4 Å². The van der Waals surface area contributed by atoms with Crippen LogP contribution in [0.4, 0.5) is 10.1 Å². The number of hydrogen-bond donors (Lipinski definition) is 3. The van der Waals surface area contributed by atoms with E-state index in [4.69, 9.17) is 5.10 Å². The normalized spacial score (nSPS) is 25.4. The second kappa shape index (κ2) is 9.55. The fraction of sp³-hybridized carbons (Fsp3) is 0.400. The quantitative estimate of drug-likeness (QED) is 0.367. The summed E-state index contributed by atoms with van der Waals surface area (Å²) in [4.78, 5) is 55.2. The van der Waals surface area contributed by atoms with Crippen LogP contribution in [-0.2, 0) is 9.59 Å². The van der Waals surface area contributed by atoms with Crippen molar-refractivity contribution in [1.29, 1.82) is 0 Å². The standard InChI is InChI=1S/C30H29FN6O5/c1-15-22(31)6-7-23(33-15)21-13-36(35-26(21)16-2-3-16)18-11-30(42,12-18)14-32-17-4-5-19-20(10-17)29(41)37(28(19)40)24-8-9-25(38)34-27(24)39/h4-7,10,13,16,18,24,32,42H,2-3,8-9,11-12,14H2,1H3,(H,34,38,39). The van der Waals surface area contributed by atoms with E-state index in [0.29, 0.717) is 35.8 Å². The van der Waals surface area contributed by atoms with Crippen LogP contribution in [0.15, 0.2) is 36.5 Å². The first-order valence-corrected chi connectivity index (χ1v) is 14.1. The van der Waals surface area contributed by atoms with E-state index in [0.717, 1.165) is 29.0 Å². The summed E-state index contributed by atoms with van der Waals surface area (Å²) < 4.78 is 15.7. The summed E-state index contributed by atoms with van der Waals surface area (Å²) in [6.07, 6.45) is 5.14. The third-order valence-electron chi connectivity index (χ3n) is 8.69. The zero-order valence-corrected chi connectivity index (χ0v) is 22.9. The Bertz CT molecular complexity index is 1670. The number of rotatable bonds is 7. The molecule has 2 aliphatic heterocycles. The second-order valence-corrected chi connectivity index (χ2v) is 11.8. The molecule has 0 bridgehead atoms. The van der Waals surface area contributed by atoms with Gasteiger partial charge in [-0.1, -0.05) is 0 Å². The molecule has 1 saturated heterocycles. The van der Waals surface area contributed by atoms with Crippen molar-refractivity contribution in [3.63, 3.8) is 0 Å². The van der Waals surface area contributed by atoms with E-state index in [2.05, 4.69) is 15.6 Å². The summed E-state index contributed by atoms with van der Waals surface area (Å²) in [5.41, 5.74) is 2.83. The van der Waals surface area contributed by atoms with Gasteiger partial charge in [0.05, 0.1) is 39.9 Å². The maximum absolute atomic E-state index is 13.8. The van der Waals surface area contributed by atoms with Crippen molar-refractivity contribution in [2.45, 2.75) is 69.1 Å². The number of pyridine rings is 1. The van der Waals surface area contributed by atoms with E-state index >= 15 is 0 Å². The number of halogens is 1. The predicted octanol–water partition coefficient (Wildman–Crippen LogP) is 2.85. The lowest BCUT2D eigenvalue weighted by atomic mass is 9.75. The Morgan fingerprint density at radius 2 is 1.81 bits per heavy atom. The van der Waals surface area contributed by atoms with Gasteiger partial charge < -0.3 is 10.4 Å². The number of benzene rings is 1. The molecule has 7 rings (SSSR count). The van der Waals surface area contributed by atoms with Crippen LogP contribution in [0.3, 0.4) is 0 Å². The number of carbonyl (C=O) groups is 4. The number of amides is 4. The Labute approximate surface area is 240 Å². The molecule has 3 N–H and O–H groups in total. The minimum absolute atomic E-state index is 0.00843. The molecule has 0 spiro atoms. The molecular weight excluding hydrogens is 543 g/mol. The lowest BCUT2D eigenvalue weighted by Gasteiger charge is -2.43. The van der Waals surface area contributed by atoms with Gasteiger partial charge in [-0.2, -0.15) is 5.10 Å². The van der Waals surface area contributed by atoms with Gasteiger partial charge >= 0.3 is 0 Å². The first-order chi connectivity index (χ1) is 20.1. The van der Waals surface area contributed by atoms with Gasteiger partial charge in [-0.05, 0) is 56.5 Å². The van der Waals surface area contributed by atoms with Gasteiger partial charge in [-0.15, -0.1) is 0 Å². The molecule has 4 aliphatic rings. The molecule has 1 atom stereocenters. The lowest BCUT2D eigenvalue weighted by Crippen LogP contribution is -2.54. The number of aryl methyl sites for hydroxylation is 1. The van der Waals surface area contributed by atoms with Gasteiger partial charge in [-0.25, -0.2) is 9.37 Å². The summed E-state index contributed by atoms with van der Waals surface area (Å²) in [5, 5.41) is 21.4. The largest absolute Gasteiger partial charge is 0.388 e. The fourth-order valence-corrected chi connectivity index (χ4v) is 6.14. The van der Waals surface area contributed by atoms with E-state index in [1.165, 1.54) is 12.1 Å². The molecule has 3 aromatic rings. The molecule has 1 aromatic carbocycles. The second-order valence-electron chi connectivity index (χ2n) is 11.8. The molecule has 0 radical (unpaired) electrons. The van der Waals surface area contributed by atoms with Crippen molar-refractivity contribution in [3.05, 3.63) is 64.9 Å². The van der Waals surface area contributed by atoms with E-state index < -0.39 is 35.3 Å². The van der Waals surface area contributed by atoms with Crippen molar-refractivity contribution in [2.24, 2.45) is 0 Å². The first-order valence-electron chi connectivity index (χ1n) is 14.1. The fourth-order valence-electron chi connectivity index (χ4n) is 6.14. The summed E-state index contributed by atoms with van der Waals surface area (Å²) in [6.45, 7) is 1.87. The Morgan fingerprint density at radius 1 is 1.05 bits per heavy atom. The van der Waals surface area contributed by atoms with Crippen LogP contribution in [0.1, 0.15) is 82.6 Å². The number of aliphatic hydroxyl groups is 1. The summed E-state index contributed by atoms with van der Waals surface area (Å²) in [6, 6.07) is 6.82. The molecule has 216 valence electrons. The number of anilines is 1. The molecular formula is C30H29FN6O5. The molecule has 42 heavy (non-hydrogen) atoms. The van der Waals surface area contributed by atoms with Gasteiger partial charge in [0.25, 0.3) is 11.8 Å². The molecule has 11 nitrogen and oxygen atoms in total. The molecule has 1 unspecified atom stereocenters. The average Bonchev–Trinajstić information content (AvgIpc) is 3.65. The highest BCUT2D eigenvalue weighted by molar-refractivity contribution is 6.23. The number of hydrogen-bond acceptors (Lipinski definition) is 8. The maximum Gasteiger partial charge on any atom is 0.262 e. The van der Waals surface area contributed by atoms with Gasteiger partial charge in [0, 0.05) is 49.2 Å². The van der Waals surface area contributed by atoms with Crippen molar-refractivity contribution in [1.82, 2.24) is 25.0 Å². The van der Waals surface area contributed by atoms with Crippen LogP contribution in [0, 0.1) is 12.7 Å². The van der Waals surface area contributed by atoms with Gasteiger partial charge in [0.2, 0.25) is 11.8 Å². The van der Waals surface area contributed by atoms with Crippen molar-refractivity contribution < 1.29 is 28.7 Å². The Balaban J connectivity index is 1.02. The highest BCUT2D eigenvalue weighted by atomic mass is 19.1. The van der Waals surface area contributed by atoms with Crippen molar-refractivity contribution in [3.8, 4) is 11.3 Å². The smallest absolute Gasteiger partial charge is 0.262 e. The minimum Gasteiger partial charge on any atom is -0.388 e. The number of imide groups is 2. The van der Waals surface area contributed by atoms with E-state index in [1.807, 2.05) is 10.9 Å². The van der Waals surface area contributed by atoms with Crippen LogP contribution in [-0.4, -0.2) is 66.6 Å². The van der Waals surface area contributed by atoms with Crippen LogP contribution in [0.25, 0.3) is 11.3 Å². The number of nitrogens with zero attached hydrogens (tertiary/aromatic N) is 4. The topological polar surface area (TPSA) is 147 Å². The van der Waals surface area contributed by atoms with Crippen LogP contribution in [0.5, 0.6) is 0 Å². The monoisotopic (exact) mass is 572 g/mol. The number of aromatic nitrogens is 3. The molecule has 3 fully saturated rings. The highest BCUT2D eigenvalue weighted by Gasteiger charge is 2.46. The predicted molar refractivity (Wildman–Crippen MR) is 147 cm³/mol. The van der Waals surface area contributed by atoms with Crippen molar-refractivity contribution >= 4 is 29.3 Å². The van der Waals surface area contributed by atoms with Gasteiger partial charge in [0.1, 0.15) is 11.9 Å². The molecule has 2 aromatic heterocycles. The molecule has 2 saturated carbocycles. The zero-order chi connectivity index (χ0) is 29.3. The summed E-state index contributed by atoms with van der Waals surface area (Å²) in [7, 11) is 0. The number of piperidine rings is 1. The Kier molecular flexibility index (Phi) is 6.01. The van der Waals surface area contributed by atoms with Gasteiger partial charge in [0.15, 0.2) is 0 Å².